The molecule has 3 heterocycles. The van der Waals surface area contributed by atoms with E-state index in [2.05, 4.69) is 4.90 Å². The average Bonchev–Trinajstić information content (AvgIpc) is 3.25. The average molecular weight is 414 g/mol. The monoisotopic (exact) mass is 414 g/mol. The molecule has 1 amide bonds. The lowest BCUT2D eigenvalue weighted by Gasteiger charge is -2.36. The number of benzene rings is 1. The number of thiophene rings is 1. The van der Waals surface area contributed by atoms with Crippen molar-refractivity contribution in [2.24, 2.45) is 7.05 Å². The van der Waals surface area contributed by atoms with Crippen LogP contribution in [0.2, 0.25) is 0 Å². The number of fused-ring (bicyclic) bond motifs is 1. The van der Waals surface area contributed by atoms with Crippen LogP contribution in [0.4, 0.5) is 5.69 Å². The Balaban J connectivity index is 1.50. The predicted molar refractivity (Wildman–Crippen MR) is 113 cm³/mol. The topological polar surface area (TPSA) is 76.8 Å². The second-order valence-corrected chi connectivity index (χ2v) is 7.82. The number of rotatable bonds is 4. The quantitative estimate of drug-likeness (QED) is 0.640. The van der Waals surface area contributed by atoms with Gasteiger partial charge in [-0.3, -0.25) is 18.7 Å². The zero-order chi connectivity index (χ0) is 20.5. The van der Waals surface area contributed by atoms with Gasteiger partial charge in [0.2, 0.25) is 5.91 Å². The number of anilines is 1. The summed E-state index contributed by atoms with van der Waals surface area (Å²) in [5, 5.41) is 1.76. The van der Waals surface area contributed by atoms with Crippen molar-refractivity contribution in [3.63, 3.8) is 0 Å². The Labute approximate surface area is 171 Å². The van der Waals surface area contributed by atoms with Gasteiger partial charge >= 0.3 is 5.69 Å². The maximum Gasteiger partial charge on any atom is 0.331 e. The van der Waals surface area contributed by atoms with Gasteiger partial charge in [-0.2, -0.15) is 0 Å². The lowest BCUT2D eigenvalue weighted by molar-refractivity contribution is -0.132. The third-order valence-corrected chi connectivity index (χ3v) is 6.20. The molecule has 9 heteroatoms. The molecule has 29 heavy (non-hydrogen) atoms. The molecule has 1 aliphatic rings. The number of nitrogens with zero attached hydrogens (tertiary/aromatic N) is 4. The number of carbonyl (C=O) groups excluding carboxylic acids is 1. The molecule has 0 atom stereocenters. The van der Waals surface area contributed by atoms with Gasteiger partial charge in [0.05, 0.1) is 18.3 Å². The molecular weight excluding hydrogens is 392 g/mol. The van der Waals surface area contributed by atoms with E-state index in [0.717, 1.165) is 16.0 Å². The molecule has 1 fully saturated rings. The van der Waals surface area contributed by atoms with Gasteiger partial charge in [0, 0.05) is 33.2 Å². The Kier molecular flexibility index (Phi) is 5.14. The molecule has 0 aliphatic carbocycles. The van der Waals surface area contributed by atoms with E-state index in [0.29, 0.717) is 36.4 Å². The van der Waals surface area contributed by atoms with Crippen LogP contribution in [0, 0.1) is 0 Å². The highest BCUT2D eigenvalue weighted by Gasteiger charge is 2.24. The number of para-hydroxylation sites is 2. The summed E-state index contributed by atoms with van der Waals surface area (Å²) in [4.78, 5) is 41.6. The van der Waals surface area contributed by atoms with E-state index in [1.807, 2.05) is 24.3 Å². The highest BCUT2D eigenvalue weighted by Crippen LogP contribution is 2.28. The molecule has 0 unspecified atom stereocenters. The van der Waals surface area contributed by atoms with Crippen molar-refractivity contribution in [3.8, 4) is 5.75 Å². The Morgan fingerprint density at radius 2 is 1.83 bits per heavy atom. The van der Waals surface area contributed by atoms with Crippen LogP contribution >= 0.6 is 11.3 Å². The van der Waals surface area contributed by atoms with Crippen LogP contribution in [0.1, 0.15) is 0 Å². The normalized spacial score (nSPS) is 14.4. The minimum Gasteiger partial charge on any atom is -0.495 e. The van der Waals surface area contributed by atoms with Gasteiger partial charge in [-0.15, -0.1) is 11.3 Å². The van der Waals surface area contributed by atoms with Crippen LogP contribution in [-0.2, 0) is 18.4 Å². The number of hydrogen-bond acceptors (Lipinski definition) is 6. The van der Waals surface area contributed by atoms with Crippen LogP contribution in [0.25, 0.3) is 10.2 Å². The highest BCUT2D eigenvalue weighted by molar-refractivity contribution is 7.17. The lowest BCUT2D eigenvalue weighted by Crippen LogP contribution is -2.50. The molecule has 1 aromatic carbocycles. The molecule has 3 aromatic rings. The van der Waals surface area contributed by atoms with E-state index in [1.165, 1.54) is 23.0 Å². The predicted octanol–water partition coefficient (Wildman–Crippen LogP) is 1.12. The molecule has 0 bridgehead atoms. The van der Waals surface area contributed by atoms with E-state index >= 15 is 0 Å². The van der Waals surface area contributed by atoms with Gasteiger partial charge in [0.25, 0.3) is 5.56 Å². The Bertz CT molecular complexity index is 1170. The third-order valence-electron chi connectivity index (χ3n) is 5.30. The first-order valence-corrected chi connectivity index (χ1v) is 10.2. The van der Waals surface area contributed by atoms with Gasteiger partial charge in [-0.05, 0) is 23.6 Å². The molecule has 1 saturated heterocycles. The van der Waals surface area contributed by atoms with Gasteiger partial charge in [-0.25, -0.2) is 4.79 Å². The number of methoxy groups -OCH3 is 1. The fourth-order valence-electron chi connectivity index (χ4n) is 3.67. The minimum absolute atomic E-state index is 0.0746. The minimum atomic E-state index is -0.470. The summed E-state index contributed by atoms with van der Waals surface area (Å²) in [5.41, 5.74) is 0.733. The molecular formula is C20H22N4O4S. The largest absolute Gasteiger partial charge is 0.495 e. The van der Waals surface area contributed by atoms with Crippen LogP contribution in [0.5, 0.6) is 5.75 Å². The van der Waals surface area contributed by atoms with Crippen LogP contribution < -0.4 is 20.9 Å². The first-order chi connectivity index (χ1) is 14.0. The molecule has 1 aliphatic heterocycles. The second kappa shape index (κ2) is 7.75. The van der Waals surface area contributed by atoms with Crippen LogP contribution in [0.15, 0.2) is 45.3 Å². The Morgan fingerprint density at radius 1 is 1.10 bits per heavy atom. The molecule has 2 aromatic heterocycles. The first-order valence-electron chi connectivity index (χ1n) is 9.34. The first kappa shape index (κ1) is 19.3. The van der Waals surface area contributed by atoms with Gasteiger partial charge in [0.1, 0.15) is 17.0 Å². The van der Waals surface area contributed by atoms with Crippen molar-refractivity contribution in [2.75, 3.05) is 38.2 Å². The Hall–Kier alpha value is -3.07. The highest BCUT2D eigenvalue weighted by atomic mass is 32.1. The zero-order valence-electron chi connectivity index (χ0n) is 16.3. The summed E-state index contributed by atoms with van der Waals surface area (Å²) >= 11 is 1.28. The number of hydrogen-bond donors (Lipinski definition) is 0. The molecule has 0 saturated carbocycles. The van der Waals surface area contributed by atoms with Crippen LogP contribution in [-0.4, -0.2) is 53.2 Å². The van der Waals surface area contributed by atoms with Crippen LogP contribution in [0.3, 0.4) is 0 Å². The summed E-state index contributed by atoms with van der Waals surface area (Å²) in [7, 11) is 3.09. The number of aromatic nitrogens is 2. The molecule has 0 radical (unpaired) electrons. The lowest BCUT2D eigenvalue weighted by atomic mass is 10.2. The van der Waals surface area contributed by atoms with Crippen molar-refractivity contribution < 1.29 is 9.53 Å². The molecule has 152 valence electrons. The number of carbonyl (C=O) groups is 1. The second-order valence-electron chi connectivity index (χ2n) is 6.91. The van der Waals surface area contributed by atoms with E-state index in [4.69, 9.17) is 4.74 Å². The fourth-order valence-corrected chi connectivity index (χ4v) is 4.54. The smallest absolute Gasteiger partial charge is 0.331 e. The third kappa shape index (κ3) is 3.42. The summed E-state index contributed by atoms with van der Waals surface area (Å²) in [6.45, 7) is 2.41. The summed E-state index contributed by atoms with van der Waals surface area (Å²) in [6.07, 6.45) is 0. The fraction of sp³-hybridized carbons (Fsp3) is 0.350. The van der Waals surface area contributed by atoms with E-state index in [9.17, 15) is 14.4 Å². The number of piperazine rings is 1. The van der Waals surface area contributed by atoms with Gasteiger partial charge in [-0.1, -0.05) is 12.1 Å². The summed E-state index contributed by atoms with van der Waals surface area (Å²) < 4.78 is 8.37. The molecule has 8 nitrogen and oxygen atoms in total. The molecule has 4 rings (SSSR count). The molecule has 0 spiro atoms. The summed E-state index contributed by atoms with van der Waals surface area (Å²) in [6, 6.07) is 9.54. The van der Waals surface area contributed by atoms with E-state index in [1.54, 1.807) is 23.5 Å². The van der Waals surface area contributed by atoms with Gasteiger partial charge < -0.3 is 14.5 Å². The maximum absolute atomic E-state index is 12.9. The van der Waals surface area contributed by atoms with Crippen molar-refractivity contribution in [3.05, 3.63) is 56.5 Å². The number of ether oxygens (including phenoxy) is 1. The van der Waals surface area contributed by atoms with Crippen molar-refractivity contribution in [1.82, 2.24) is 14.0 Å². The van der Waals surface area contributed by atoms with E-state index in [-0.39, 0.29) is 18.0 Å². The maximum atomic E-state index is 12.9. The van der Waals surface area contributed by atoms with Crippen molar-refractivity contribution in [1.29, 1.82) is 0 Å². The zero-order valence-corrected chi connectivity index (χ0v) is 17.1. The Morgan fingerprint density at radius 3 is 2.55 bits per heavy atom. The van der Waals surface area contributed by atoms with Crippen molar-refractivity contribution in [2.45, 2.75) is 6.54 Å². The SMILES string of the molecule is COc1ccccc1N1CCN(C(=O)Cn2c(=O)n(C)c(=O)c3sccc32)CC1. The van der Waals surface area contributed by atoms with Gasteiger partial charge in [0.15, 0.2) is 0 Å². The van der Waals surface area contributed by atoms with Crippen molar-refractivity contribution >= 4 is 33.1 Å². The number of amides is 1. The van der Waals surface area contributed by atoms with E-state index < -0.39 is 5.69 Å². The summed E-state index contributed by atoms with van der Waals surface area (Å²) in [5.74, 6) is 0.682. The molecule has 0 N–H and O–H groups in total. The standard InChI is InChI=1S/C20H22N4O4S/c1-21-19(26)18-15(7-12-29-18)24(20(21)27)13-17(25)23-10-8-22(9-11-23)14-5-3-4-6-16(14)28-2/h3-7,12H,8-11,13H2,1-2H3.